The van der Waals surface area contributed by atoms with Crippen LogP contribution in [0.2, 0.25) is 0 Å². The van der Waals surface area contributed by atoms with Crippen LogP contribution in [0.3, 0.4) is 0 Å². The minimum Gasteiger partial charge on any atom is -0.208 e. The molecule has 0 amide bonds. The summed E-state index contributed by atoms with van der Waals surface area (Å²) in [5.41, 5.74) is 5.37. The van der Waals surface area contributed by atoms with Crippen LogP contribution in [-0.4, -0.2) is 29.9 Å². The molecule has 5 aromatic carbocycles. The molecule has 0 saturated carbocycles. The molecule has 2 heterocycles. The fourth-order valence-corrected chi connectivity index (χ4v) is 4.67. The van der Waals surface area contributed by atoms with Gasteiger partial charge in [-0.1, -0.05) is 140 Å². The Morgan fingerprint density at radius 3 is 0.690 bits per heavy atom. The maximum absolute atomic E-state index is 4.89. The molecule has 0 spiro atoms. The summed E-state index contributed by atoms with van der Waals surface area (Å²) in [7, 11) is 0. The second kappa shape index (κ2) is 11.3. The smallest absolute Gasteiger partial charge is 0.164 e. The maximum Gasteiger partial charge on any atom is 0.164 e. The first-order valence-corrected chi connectivity index (χ1v) is 13.6. The van der Waals surface area contributed by atoms with Gasteiger partial charge in [0.25, 0.3) is 0 Å². The van der Waals surface area contributed by atoms with Crippen molar-refractivity contribution in [3.8, 4) is 68.3 Å². The number of nitrogens with zero attached hydrogens (tertiary/aromatic N) is 6. The van der Waals surface area contributed by atoms with Crippen LogP contribution < -0.4 is 0 Å². The third kappa shape index (κ3) is 5.29. The number of benzene rings is 5. The molecule has 6 heteroatoms. The van der Waals surface area contributed by atoms with Gasteiger partial charge in [0.15, 0.2) is 34.9 Å². The van der Waals surface area contributed by atoms with E-state index in [0.29, 0.717) is 34.9 Å². The van der Waals surface area contributed by atoms with E-state index in [1.165, 1.54) is 0 Å². The molecule has 0 atom stereocenters. The maximum atomic E-state index is 4.89. The lowest BCUT2D eigenvalue weighted by molar-refractivity contribution is 1.07. The zero-order valence-electron chi connectivity index (χ0n) is 22.5. The molecule has 0 aliphatic carbocycles. The first-order chi connectivity index (χ1) is 20.8. The third-order valence-corrected chi connectivity index (χ3v) is 6.78. The summed E-state index contributed by atoms with van der Waals surface area (Å²) in [6, 6.07) is 47.8. The van der Waals surface area contributed by atoms with Gasteiger partial charge < -0.3 is 0 Å². The predicted octanol–water partition coefficient (Wildman–Crippen LogP) is 8.06. The normalized spacial score (nSPS) is 10.9. The summed E-state index contributed by atoms with van der Waals surface area (Å²) < 4.78 is 0. The first kappa shape index (κ1) is 25.1. The Kier molecular flexibility index (Phi) is 6.76. The zero-order valence-corrected chi connectivity index (χ0v) is 22.5. The largest absolute Gasteiger partial charge is 0.208 e. The van der Waals surface area contributed by atoms with E-state index in [1.54, 1.807) is 0 Å². The van der Waals surface area contributed by atoms with Crippen molar-refractivity contribution >= 4 is 0 Å². The molecule has 2 aromatic heterocycles. The zero-order chi connectivity index (χ0) is 28.1. The van der Waals surface area contributed by atoms with Crippen molar-refractivity contribution in [2.24, 2.45) is 0 Å². The van der Waals surface area contributed by atoms with Gasteiger partial charge in [-0.15, -0.1) is 0 Å². The Morgan fingerprint density at radius 1 is 0.214 bits per heavy atom. The Bertz CT molecular complexity index is 1710. The van der Waals surface area contributed by atoms with Crippen molar-refractivity contribution in [3.63, 3.8) is 0 Å². The summed E-state index contributed by atoms with van der Waals surface area (Å²) in [6.07, 6.45) is 0. The van der Waals surface area contributed by atoms with Gasteiger partial charge in [-0.25, -0.2) is 29.9 Å². The molecular formula is C36H24N6. The van der Waals surface area contributed by atoms with E-state index in [4.69, 9.17) is 29.9 Å². The van der Waals surface area contributed by atoms with Crippen LogP contribution in [0.1, 0.15) is 0 Å². The van der Waals surface area contributed by atoms with Crippen molar-refractivity contribution in [1.29, 1.82) is 0 Å². The second-order valence-corrected chi connectivity index (χ2v) is 9.66. The molecule has 6 nitrogen and oxygen atoms in total. The van der Waals surface area contributed by atoms with Gasteiger partial charge in [-0.05, 0) is 6.07 Å². The molecule has 0 aliphatic heterocycles. The molecular weight excluding hydrogens is 516 g/mol. The first-order valence-electron chi connectivity index (χ1n) is 13.6. The van der Waals surface area contributed by atoms with Crippen LogP contribution >= 0.6 is 0 Å². The van der Waals surface area contributed by atoms with Crippen LogP contribution in [0.25, 0.3) is 68.3 Å². The van der Waals surface area contributed by atoms with Crippen LogP contribution in [0.4, 0.5) is 0 Å². The van der Waals surface area contributed by atoms with Crippen LogP contribution in [0, 0.1) is 0 Å². The number of hydrogen-bond acceptors (Lipinski definition) is 6. The molecule has 7 rings (SSSR count). The van der Waals surface area contributed by atoms with E-state index < -0.39 is 0 Å². The van der Waals surface area contributed by atoms with Crippen molar-refractivity contribution in [3.05, 3.63) is 146 Å². The highest BCUT2D eigenvalue weighted by atomic mass is 15.0. The number of rotatable bonds is 6. The van der Waals surface area contributed by atoms with Crippen molar-refractivity contribution < 1.29 is 0 Å². The van der Waals surface area contributed by atoms with Gasteiger partial charge in [0, 0.05) is 33.4 Å². The SMILES string of the molecule is c1ccc(-c2nc(-c3ccccc3)nc(-c3cccc(-c4nc(-c5ccccc5)nc(-c5ccccc5)n4)c3)n2)cc1. The van der Waals surface area contributed by atoms with E-state index in [1.807, 2.05) is 146 Å². The fourth-order valence-electron chi connectivity index (χ4n) is 4.67. The topological polar surface area (TPSA) is 77.3 Å². The molecule has 0 saturated heterocycles. The van der Waals surface area contributed by atoms with Crippen LogP contribution in [-0.2, 0) is 0 Å². The molecule has 198 valence electrons. The highest BCUT2D eigenvalue weighted by molar-refractivity contribution is 5.72. The van der Waals surface area contributed by atoms with Crippen LogP contribution in [0.15, 0.2) is 146 Å². The number of hydrogen-bond donors (Lipinski definition) is 0. The molecule has 42 heavy (non-hydrogen) atoms. The molecule has 0 unspecified atom stereocenters. The van der Waals surface area contributed by atoms with Crippen LogP contribution in [0.5, 0.6) is 0 Å². The molecule has 0 radical (unpaired) electrons. The van der Waals surface area contributed by atoms with Crippen molar-refractivity contribution in [2.75, 3.05) is 0 Å². The summed E-state index contributed by atoms with van der Waals surface area (Å²) >= 11 is 0. The van der Waals surface area contributed by atoms with E-state index in [-0.39, 0.29) is 0 Å². The minimum absolute atomic E-state index is 0.574. The predicted molar refractivity (Wildman–Crippen MR) is 166 cm³/mol. The Balaban J connectivity index is 1.37. The Hall–Kier alpha value is -5.88. The average molecular weight is 541 g/mol. The lowest BCUT2D eigenvalue weighted by Crippen LogP contribution is -2.01. The fraction of sp³-hybridized carbons (Fsp3) is 0. The summed E-state index contributed by atoms with van der Waals surface area (Å²) in [5, 5.41) is 0. The summed E-state index contributed by atoms with van der Waals surface area (Å²) in [6.45, 7) is 0. The summed E-state index contributed by atoms with van der Waals surface area (Å²) in [4.78, 5) is 29.2. The lowest BCUT2D eigenvalue weighted by atomic mass is 10.1. The average Bonchev–Trinajstić information content (AvgIpc) is 3.09. The molecule has 0 aliphatic rings. The lowest BCUT2D eigenvalue weighted by Gasteiger charge is -2.10. The summed E-state index contributed by atoms with van der Waals surface area (Å²) in [5.74, 6) is 3.60. The van der Waals surface area contributed by atoms with Gasteiger partial charge in [-0.3, -0.25) is 0 Å². The highest BCUT2D eigenvalue weighted by Gasteiger charge is 2.15. The van der Waals surface area contributed by atoms with E-state index in [9.17, 15) is 0 Å². The van der Waals surface area contributed by atoms with E-state index in [0.717, 1.165) is 33.4 Å². The Labute approximate surface area is 243 Å². The number of aromatic nitrogens is 6. The van der Waals surface area contributed by atoms with E-state index >= 15 is 0 Å². The minimum atomic E-state index is 0.574. The van der Waals surface area contributed by atoms with Gasteiger partial charge in [0.2, 0.25) is 0 Å². The van der Waals surface area contributed by atoms with Gasteiger partial charge in [0.1, 0.15) is 0 Å². The highest BCUT2D eigenvalue weighted by Crippen LogP contribution is 2.29. The molecule has 0 N–H and O–H groups in total. The molecule has 0 bridgehead atoms. The third-order valence-electron chi connectivity index (χ3n) is 6.78. The molecule has 0 fully saturated rings. The van der Waals surface area contributed by atoms with Gasteiger partial charge >= 0.3 is 0 Å². The van der Waals surface area contributed by atoms with Crippen molar-refractivity contribution in [2.45, 2.75) is 0 Å². The van der Waals surface area contributed by atoms with E-state index in [2.05, 4.69) is 0 Å². The monoisotopic (exact) mass is 540 g/mol. The quantitative estimate of drug-likeness (QED) is 0.212. The standard InChI is InChI=1S/C36H24N6/c1-5-14-25(15-6-1)31-37-32(26-16-7-2-8-17-26)40-35(39-31)29-22-13-23-30(24-29)36-41-33(27-18-9-3-10-19-27)38-34(42-36)28-20-11-4-12-21-28/h1-24H. The Morgan fingerprint density at radius 2 is 0.429 bits per heavy atom. The van der Waals surface area contributed by atoms with Crippen molar-refractivity contribution in [1.82, 2.24) is 29.9 Å². The van der Waals surface area contributed by atoms with Gasteiger partial charge in [0.05, 0.1) is 0 Å². The van der Waals surface area contributed by atoms with Gasteiger partial charge in [-0.2, -0.15) is 0 Å². The molecule has 7 aromatic rings. The second-order valence-electron chi connectivity index (χ2n) is 9.66.